The number of halogens is 1. The van der Waals surface area contributed by atoms with Crippen molar-refractivity contribution in [3.63, 3.8) is 0 Å². The predicted octanol–water partition coefficient (Wildman–Crippen LogP) is 4.47. The Morgan fingerprint density at radius 3 is 2.41 bits per heavy atom. The van der Waals surface area contributed by atoms with E-state index in [2.05, 4.69) is 5.32 Å². The summed E-state index contributed by atoms with van der Waals surface area (Å²) in [7, 11) is 0. The van der Waals surface area contributed by atoms with E-state index in [4.69, 9.17) is 29.9 Å². The van der Waals surface area contributed by atoms with Crippen molar-refractivity contribution >= 4 is 52.1 Å². The summed E-state index contributed by atoms with van der Waals surface area (Å²) in [6.45, 7) is 5.38. The maximum atomic E-state index is 12.4. The molecule has 1 amide bonds. The van der Waals surface area contributed by atoms with Gasteiger partial charge in [-0.25, -0.2) is 9.59 Å². The van der Waals surface area contributed by atoms with Gasteiger partial charge in [-0.15, -0.1) is 0 Å². The fraction of sp³-hybridized carbons (Fsp3) is 0.273. The summed E-state index contributed by atoms with van der Waals surface area (Å²) in [6.07, 6.45) is 0. The molecule has 0 unspecified atom stereocenters. The number of furan rings is 2. The third kappa shape index (κ3) is 4.52. The Morgan fingerprint density at radius 2 is 1.75 bits per heavy atom. The summed E-state index contributed by atoms with van der Waals surface area (Å²) >= 11 is 5.97. The SMILES string of the molecule is CCOC(=O)c1c(NC(=O)COC(=O)c2oc3ccc(Cl)cc3c2C)oc(C)c1C(C)=O. The lowest BCUT2D eigenvalue weighted by atomic mass is 10.1. The lowest BCUT2D eigenvalue weighted by Gasteiger charge is -2.06. The van der Waals surface area contributed by atoms with E-state index in [-0.39, 0.29) is 35.1 Å². The molecule has 3 aromatic rings. The van der Waals surface area contributed by atoms with Crippen LogP contribution in [0.2, 0.25) is 5.02 Å². The van der Waals surface area contributed by atoms with E-state index >= 15 is 0 Å². The number of ketones is 1. The predicted molar refractivity (Wildman–Crippen MR) is 114 cm³/mol. The first-order valence-corrected chi connectivity index (χ1v) is 9.98. The molecule has 0 spiro atoms. The number of nitrogens with one attached hydrogen (secondary N) is 1. The quantitative estimate of drug-likeness (QED) is 0.403. The van der Waals surface area contributed by atoms with Crippen LogP contribution in [0.25, 0.3) is 11.0 Å². The van der Waals surface area contributed by atoms with E-state index in [1.54, 1.807) is 32.0 Å². The standard InChI is InChI=1S/C22H20ClNO8/c1-5-29-21(27)18-17(11(3)25)12(4)31-20(18)24-16(26)9-30-22(28)19-10(2)14-8-13(23)6-7-15(14)32-19/h6-8H,5,9H2,1-4H3,(H,24,26). The van der Waals surface area contributed by atoms with Gasteiger partial charge in [-0.1, -0.05) is 11.6 Å². The molecule has 32 heavy (non-hydrogen) atoms. The highest BCUT2D eigenvalue weighted by Gasteiger charge is 2.29. The van der Waals surface area contributed by atoms with Crippen molar-refractivity contribution in [3.8, 4) is 0 Å². The van der Waals surface area contributed by atoms with Crippen LogP contribution in [-0.2, 0) is 14.3 Å². The molecule has 0 aliphatic heterocycles. The molecule has 3 rings (SSSR count). The number of anilines is 1. The minimum atomic E-state index is -0.851. The Hall–Kier alpha value is -3.59. The van der Waals surface area contributed by atoms with Crippen molar-refractivity contribution in [2.24, 2.45) is 0 Å². The van der Waals surface area contributed by atoms with E-state index in [9.17, 15) is 19.2 Å². The van der Waals surface area contributed by atoms with Gasteiger partial charge in [0.2, 0.25) is 11.6 Å². The molecule has 9 nitrogen and oxygen atoms in total. The van der Waals surface area contributed by atoms with Gasteiger partial charge in [0.15, 0.2) is 12.4 Å². The number of hydrogen-bond acceptors (Lipinski definition) is 8. The van der Waals surface area contributed by atoms with Gasteiger partial charge < -0.3 is 18.3 Å². The number of ether oxygens (including phenoxy) is 2. The van der Waals surface area contributed by atoms with Crippen LogP contribution >= 0.6 is 11.6 Å². The van der Waals surface area contributed by atoms with Crippen LogP contribution in [0, 0.1) is 13.8 Å². The zero-order valence-electron chi connectivity index (χ0n) is 17.8. The fourth-order valence-corrected chi connectivity index (χ4v) is 3.37. The molecule has 1 N–H and O–H groups in total. The number of fused-ring (bicyclic) bond motifs is 1. The van der Waals surface area contributed by atoms with Gasteiger partial charge in [-0.05, 0) is 45.9 Å². The average Bonchev–Trinajstić information content (AvgIpc) is 3.23. The topological polar surface area (TPSA) is 125 Å². The number of hydrogen-bond donors (Lipinski definition) is 1. The molecule has 10 heteroatoms. The average molecular weight is 462 g/mol. The zero-order chi connectivity index (χ0) is 23.6. The highest BCUT2D eigenvalue weighted by molar-refractivity contribution is 6.31. The second-order valence-corrected chi connectivity index (χ2v) is 7.27. The normalized spacial score (nSPS) is 10.8. The number of aryl methyl sites for hydroxylation is 2. The number of amides is 1. The third-order valence-electron chi connectivity index (χ3n) is 4.59. The molecule has 0 radical (unpaired) electrons. The summed E-state index contributed by atoms with van der Waals surface area (Å²) in [5.41, 5.74) is 0.782. The van der Waals surface area contributed by atoms with Gasteiger partial charge in [0.1, 0.15) is 16.9 Å². The summed E-state index contributed by atoms with van der Waals surface area (Å²) in [4.78, 5) is 49.0. The van der Waals surface area contributed by atoms with E-state index in [1.807, 2.05) is 0 Å². The van der Waals surface area contributed by atoms with Crippen LogP contribution in [-0.4, -0.2) is 36.8 Å². The summed E-state index contributed by atoms with van der Waals surface area (Å²) in [5, 5.41) is 3.47. The lowest BCUT2D eigenvalue weighted by Crippen LogP contribution is -2.22. The van der Waals surface area contributed by atoms with Crippen molar-refractivity contribution < 1.29 is 37.5 Å². The van der Waals surface area contributed by atoms with Gasteiger partial charge >= 0.3 is 11.9 Å². The Kier molecular flexibility index (Phi) is 6.69. The number of carbonyl (C=O) groups excluding carboxylic acids is 4. The van der Waals surface area contributed by atoms with Crippen molar-refractivity contribution in [1.29, 1.82) is 0 Å². The van der Waals surface area contributed by atoms with E-state index < -0.39 is 30.2 Å². The first-order chi connectivity index (χ1) is 15.1. The van der Waals surface area contributed by atoms with Crippen LogP contribution in [0.4, 0.5) is 5.88 Å². The minimum Gasteiger partial charge on any atom is -0.462 e. The molecule has 0 aliphatic carbocycles. The van der Waals surface area contributed by atoms with E-state index in [0.29, 0.717) is 21.6 Å². The molecule has 1 aromatic carbocycles. The smallest absolute Gasteiger partial charge is 0.375 e. The number of benzene rings is 1. The van der Waals surface area contributed by atoms with Crippen LogP contribution in [0.5, 0.6) is 0 Å². The lowest BCUT2D eigenvalue weighted by molar-refractivity contribution is -0.119. The first kappa shape index (κ1) is 23.1. The van der Waals surface area contributed by atoms with Crippen molar-refractivity contribution in [1.82, 2.24) is 0 Å². The monoisotopic (exact) mass is 461 g/mol. The summed E-state index contributed by atoms with van der Waals surface area (Å²) in [6, 6.07) is 4.90. The van der Waals surface area contributed by atoms with Crippen molar-refractivity contribution in [2.45, 2.75) is 27.7 Å². The Balaban J connectivity index is 1.75. The maximum absolute atomic E-state index is 12.4. The third-order valence-corrected chi connectivity index (χ3v) is 4.82. The van der Waals surface area contributed by atoms with Crippen molar-refractivity contribution in [2.75, 3.05) is 18.5 Å². The van der Waals surface area contributed by atoms with Gasteiger partial charge in [0.25, 0.3) is 5.91 Å². The molecule has 2 aromatic heterocycles. The molecule has 2 heterocycles. The van der Waals surface area contributed by atoms with E-state index in [0.717, 1.165) is 0 Å². The fourth-order valence-electron chi connectivity index (χ4n) is 3.20. The summed E-state index contributed by atoms with van der Waals surface area (Å²) in [5.74, 6) is -3.07. The van der Waals surface area contributed by atoms with Gasteiger partial charge in [-0.2, -0.15) is 0 Å². The second kappa shape index (κ2) is 9.27. The highest BCUT2D eigenvalue weighted by atomic mass is 35.5. The number of carbonyl (C=O) groups is 4. The van der Waals surface area contributed by atoms with Gasteiger partial charge in [0.05, 0.1) is 12.2 Å². The van der Waals surface area contributed by atoms with Crippen LogP contribution in [0.1, 0.15) is 56.4 Å². The Morgan fingerprint density at radius 1 is 1.03 bits per heavy atom. The maximum Gasteiger partial charge on any atom is 0.375 e. The number of Topliss-reactive ketones (excluding diaryl/α,β-unsaturated/α-hetero) is 1. The Bertz CT molecular complexity index is 1240. The van der Waals surface area contributed by atoms with Crippen LogP contribution in [0.15, 0.2) is 27.0 Å². The molecule has 0 saturated heterocycles. The van der Waals surface area contributed by atoms with Crippen LogP contribution in [0.3, 0.4) is 0 Å². The first-order valence-electron chi connectivity index (χ1n) is 9.61. The molecule has 0 fully saturated rings. The molecule has 0 aliphatic rings. The zero-order valence-corrected chi connectivity index (χ0v) is 18.5. The molecule has 0 bridgehead atoms. The van der Waals surface area contributed by atoms with E-state index in [1.165, 1.54) is 13.8 Å². The largest absolute Gasteiger partial charge is 0.462 e. The number of esters is 2. The molecule has 168 valence electrons. The molecular formula is C22H20ClNO8. The minimum absolute atomic E-state index is 0.00676. The Labute approximate surface area is 187 Å². The molecule has 0 atom stereocenters. The highest BCUT2D eigenvalue weighted by Crippen LogP contribution is 2.30. The number of rotatable bonds is 7. The molecular weight excluding hydrogens is 442 g/mol. The van der Waals surface area contributed by atoms with Crippen LogP contribution < -0.4 is 5.32 Å². The van der Waals surface area contributed by atoms with Crippen molar-refractivity contribution in [3.05, 3.63) is 51.4 Å². The van der Waals surface area contributed by atoms with Gasteiger partial charge in [0, 0.05) is 16.0 Å². The van der Waals surface area contributed by atoms with Gasteiger partial charge in [-0.3, -0.25) is 14.9 Å². The second-order valence-electron chi connectivity index (χ2n) is 6.84. The molecule has 0 saturated carbocycles. The summed E-state index contributed by atoms with van der Waals surface area (Å²) < 4.78 is 20.9.